The lowest BCUT2D eigenvalue weighted by atomic mass is 10.2. The van der Waals surface area contributed by atoms with Crippen LogP contribution in [-0.2, 0) is 17.8 Å². The summed E-state index contributed by atoms with van der Waals surface area (Å²) in [6.45, 7) is 3.95. The van der Waals surface area contributed by atoms with E-state index in [0.717, 1.165) is 49.5 Å². The lowest BCUT2D eigenvalue weighted by Gasteiger charge is -2.22. The first-order valence-electron chi connectivity index (χ1n) is 10.9. The molecule has 0 N–H and O–H groups in total. The number of hydrogen-bond donors (Lipinski definition) is 0. The summed E-state index contributed by atoms with van der Waals surface area (Å²) in [7, 11) is 1.63. The van der Waals surface area contributed by atoms with Crippen LogP contribution < -0.4 is 4.74 Å². The molecule has 1 aromatic heterocycles. The molecule has 0 radical (unpaired) electrons. The number of amides is 1. The van der Waals surface area contributed by atoms with E-state index in [1.165, 1.54) is 12.1 Å². The molecule has 2 heterocycles. The fourth-order valence-corrected chi connectivity index (χ4v) is 3.91. The Morgan fingerprint density at radius 3 is 2.59 bits per heavy atom. The number of carbonyl (C=O) groups excluding carboxylic acids is 1. The third-order valence-corrected chi connectivity index (χ3v) is 5.74. The van der Waals surface area contributed by atoms with Crippen molar-refractivity contribution >= 4 is 5.91 Å². The minimum atomic E-state index is -0.219. The second-order valence-corrected chi connectivity index (χ2v) is 7.98. The summed E-state index contributed by atoms with van der Waals surface area (Å²) in [5, 5.41) is 0. The Morgan fingerprint density at radius 2 is 1.84 bits per heavy atom. The highest BCUT2D eigenvalue weighted by atomic mass is 19.1. The summed E-state index contributed by atoms with van der Waals surface area (Å²) in [6, 6.07) is 14.2. The zero-order valence-corrected chi connectivity index (χ0v) is 18.3. The van der Waals surface area contributed by atoms with Crippen LogP contribution in [0.2, 0.25) is 0 Å². The third kappa shape index (κ3) is 5.73. The molecule has 7 heteroatoms. The van der Waals surface area contributed by atoms with Gasteiger partial charge < -0.3 is 14.1 Å². The molecule has 1 fully saturated rings. The number of rotatable bonds is 7. The van der Waals surface area contributed by atoms with Gasteiger partial charge in [-0.2, -0.15) is 0 Å². The molecule has 6 nitrogen and oxygen atoms in total. The van der Waals surface area contributed by atoms with Crippen molar-refractivity contribution in [3.63, 3.8) is 0 Å². The predicted molar refractivity (Wildman–Crippen MR) is 120 cm³/mol. The monoisotopic (exact) mass is 437 g/mol. The highest BCUT2D eigenvalue weighted by Gasteiger charge is 2.20. The maximum Gasteiger partial charge on any atom is 0.223 e. The molecule has 0 unspecified atom stereocenters. The molecule has 0 spiro atoms. The van der Waals surface area contributed by atoms with Crippen LogP contribution in [0.25, 0.3) is 11.3 Å². The van der Waals surface area contributed by atoms with Gasteiger partial charge in [-0.1, -0.05) is 12.1 Å². The van der Waals surface area contributed by atoms with E-state index in [2.05, 4.69) is 9.88 Å². The number of oxazole rings is 1. The van der Waals surface area contributed by atoms with Gasteiger partial charge in [0.05, 0.1) is 13.3 Å². The van der Waals surface area contributed by atoms with Gasteiger partial charge in [-0.05, 0) is 48.4 Å². The van der Waals surface area contributed by atoms with Crippen molar-refractivity contribution in [2.75, 3.05) is 33.3 Å². The van der Waals surface area contributed by atoms with Gasteiger partial charge in [-0.25, -0.2) is 9.37 Å². The second kappa shape index (κ2) is 10.4. The summed E-state index contributed by atoms with van der Waals surface area (Å²) >= 11 is 0. The van der Waals surface area contributed by atoms with Crippen LogP contribution in [0, 0.1) is 5.82 Å². The SMILES string of the molecule is COc1ccc(-c2cnc(CCC(=O)N3CCCN(Cc4ccc(F)cc4)CC3)o2)cc1. The van der Waals surface area contributed by atoms with Crippen LogP contribution in [0.3, 0.4) is 0 Å². The number of aryl methyl sites for hydroxylation is 1. The number of hydrogen-bond acceptors (Lipinski definition) is 5. The van der Waals surface area contributed by atoms with E-state index in [1.807, 2.05) is 41.3 Å². The number of aromatic nitrogens is 1. The standard InChI is InChI=1S/C25H28FN3O3/c1-31-22-9-5-20(6-10-22)23-17-27-24(32-23)11-12-25(30)29-14-2-13-28(15-16-29)18-19-3-7-21(26)8-4-19/h3-10,17H,2,11-16,18H2,1H3. The molecule has 2 aromatic carbocycles. The Morgan fingerprint density at radius 1 is 1.06 bits per heavy atom. The lowest BCUT2D eigenvalue weighted by molar-refractivity contribution is -0.131. The van der Waals surface area contributed by atoms with Crippen molar-refractivity contribution < 1.29 is 18.3 Å². The van der Waals surface area contributed by atoms with E-state index in [-0.39, 0.29) is 11.7 Å². The molecule has 4 rings (SSSR count). The first kappa shape index (κ1) is 22.0. The Labute approximate surface area is 187 Å². The van der Waals surface area contributed by atoms with Crippen molar-refractivity contribution in [1.82, 2.24) is 14.8 Å². The molecule has 32 heavy (non-hydrogen) atoms. The zero-order valence-electron chi connectivity index (χ0n) is 18.3. The van der Waals surface area contributed by atoms with E-state index in [4.69, 9.17) is 9.15 Å². The van der Waals surface area contributed by atoms with Crippen LogP contribution in [0.4, 0.5) is 4.39 Å². The topological polar surface area (TPSA) is 58.8 Å². The highest BCUT2D eigenvalue weighted by molar-refractivity contribution is 5.76. The Balaban J connectivity index is 1.26. The van der Waals surface area contributed by atoms with Gasteiger partial charge in [0.25, 0.3) is 0 Å². The molecule has 1 aliphatic rings. The summed E-state index contributed by atoms with van der Waals surface area (Å²) in [5.41, 5.74) is 2.01. The average molecular weight is 438 g/mol. The van der Waals surface area contributed by atoms with Gasteiger partial charge in [0.2, 0.25) is 5.91 Å². The van der Waals surface area contributed by atoms with E-state index in [0.29, 0.717) is 31.0 Å². The first-order valence-corrected chi connectivity index (χ1v) is 10.9. The average Bonchev–Trinajstić information content (AvgIpc) is 3.17. The normalized spacial score (nSPS) is 14.9. The van der Waals surface area contributed by atoms with Gasteiger partial charge >= 0.3 is 0 Å². The number of carbonyl (C=O) groups is 1. The van der Waals surface area contributed by atoms with Crippen molar-refractivity contribution in [2.24, 2.45) is 0 Å². The van der Waals surface area contributed by atoms with Gasteiger partial charge in [0.15, 0.2) is 11.7 Å². The van der Waals surface area contributed by atoms with Crippen LogP contribution in [0.15, 0.2) is 59.1 Å². The summed E-state index contributed by atoms with van der Waals surface area (Å²) in [6.07, 6.45) is 3.47. The van der Waals surface area contributed by atoms with Gasteiger partial charge in [0.1, 0.15) is 11.6 Å². The van der Waals surface area contributed by atoms with E-state index < -0.39 is 0 Å². The van der Waals surface area contributed by atoms with Crippen molar-refractivity contribution in [3.8, 4) is 17.1 Å². The Kier molecular flexibility index (Phi) is 7.17. The van der Waals surface area contributed by atoms with Gasteiger partial charge in [-0.15, -0.1) is 0 Å². The quantitative estimate of drug-likeness (QED) is 0.556. The maximum atomic E-state index is 13.1. The minimum absolute atomic E-state index is 0.123. The number of methoxy groups -OCH3 is 1. The molecule has 0 aliphatic carbocycles. The molecule has 0 atom stereocenters. The predicted octanol–water partition coefficient (Wildman–Crippen LogP) is 4.16. The van der Waals surface area contributed by atoms with Crippen molar-refractivity contribution in [3.05, 3.63) is 72.0 Å². The summed E-state index contributed by atoms with van der Waals surface area (Å²) in [4.78, 5) is 21.3. The summed E-state index contributed by atoms with van der Waals surface area (Å²) < 4.78 is 24.1. The zero-order chi connectivity index (χ0) is 22.3. The number of benzene rings is 2. The van der Waals surface area contributed by atoms with Gasteiger partial charge in [-0.3, -0.25) is 9.69 Å². The molecule has 1 saturated heterocycles. The molecule has 1 amide bonds. The van der Waals surface area contributed by atoms with E-state index in [1.54, 1.807) is 13.3 Å². The second-order valence-electron chi connectivity index (χ2n) is 7.98. The third-order valence-electron chi connectivity index (χ3n) is 5.74. The van der Waals surface area contributed by atoms with Crippen molar-refractivity contribution in [1.29, 1.82) is 0 Å². The number of nitrogens with zero attached hydrogens (tertiary/aromatic N) is 3. The lowest BCUT2D eigenvalue weighted by Crippen LogP contribution is -2.35. The molecular formula is C25H28FN3O3. The van der Waals surface area contributed by atoms with Crippen LogP contribution in [-0.4, -0.2) is 54.0 Å². The first-order chi connectivity index (χ1) is 15.6. The molecular weight excluding hydrogens is 409 g/mol. The minimum Gasteiger partial charge on any atom is -0.497 e. The summed E-state index contributed by atoms with van der Waals surface area (Å²) in [5.74, 6) is 1.94. The molecule has 1 aliphatic heterocycles. The van der Waals surface area contributed by atoms with Crippen LogP contribution in [0.5, 0.6) is 5.75 Å². The molecule has 0 saturated carbocycles. The highest BCUT2D eigenvalue weighted by Crippen LogP contribution is 2.23. The fraction of sp³-hybridized carbons (Fsp3) is 0.360. The van der Waals surface area contributed by atoms with Crippen LogP contribution in [0.1, 0.15) is 24.3 Å². The maximum absolute atomic E-state index is 13.1. The van der Waals surface area contributed by atoms with Gasteiger partial charge in [0, 0.05) is 51.1 Å². The molecule has 3 aromatic rings. The van der Waals surface area contributed by atoms with Crippen LogP contribution >= 0.6 is 0 Å². The molecule has 168 valence electrons. The molecule has 0 bridgehead atoms. The Hall–Kier alpha value is -3.19. The fourth-order valence-electron chi connectivity index (χ4n) is 3.91. The number of ether oxygens (including phenoxy) is 1. The Bertz CT molecular complexity index is 1020. The largest absolute Gasteiger partial charge is 0.497 e. The van der Waals surface area contributed by atoms with E-state index >= 15 is 0 Å². The van der Waals surface area contributed by atoms with Crippen molar-refractivity contribution in [2.45, 2.75) is 25.8 Å². The smallest absolute Gasteiger partial charge is 0.223 e. The number of halogens is 1. The van der Waals surface area contributed by atoms with E-state index in [9.17, 15) is 9.18 Å².